The number of halogens is 1. The molecule has 4 heterocycles. The van der Waals surface area contributed by atoms with E-state index in [1.54, 1.807) is 9.47 Å². The van der Waals surface area contributed by atoms with Gasteiger partial charge in [0.1, 0.15) is 11.5 Å². The van der Waals surface area contributed by atoms with E-state index in [0.717, 1.165) is 30.5 Å². The molecule has 2 aromatic heterocycles. The van der Waals surface area contributed by atoms with Crippen molar-refractivity contribution in [3.8, 4) is 0 Å². The number of carbonyl (C=O) groups is 2. The van der Waals surface area contributed by atoms with Gasteiger partial charge in [-0.2, -0.15) is 11.8 Å². The van der Waals surface area contributed by atoms with Crippen molar-refractivity contribution >= 4 is 34.7 Å². The van der Waals surface area contributed by atoms with E-state index < -0.39 is 17.4 Å². The van der Waals surface area contributed by atoms with Gasteiger partial charge in [0.15, 0.2) is 0 Å². The van der Waals surface area contributed by atoms with Crippen LogP contribution in [0.25, 0.3) is 11.0 Å². The minimum absolute atomic E-state index is 0.0201. The molecule has 3 N–H and O–H groups in total. The number of rotatable bonds is 6. The van der Waals surface area contributed by atoms with Gasteiger partial charge in [0.25, 0.3) is 5.56 Å². The Bertz CT molecular complexity index is 1330. The zero-order valence-electron chi connectivity index (χ0n) is 22.0. The van der Waals surface area contributed by atoms with Crippen LogP contribution in [-0.2, 0) is 4.79 Å². The number of amides is 3. The second kappa shape index (κ2) is 12.1. The molecule has 0 aromatic carbocycles. The molecule has 39 heavy (non-hydrogen) atoms. The molecule has 0 unspecified atom stereocenters. The molecule has 2 saturated heterocycles. The molecule has 3 aliphatic rings. The number of nitrogens with two attached hydrogens (primary N) is 1. The average Bonchev–Trinajstić information content (AvgIpc) is 2.94. The van der Waals surface area contributed by atoms with Gasteiger partial charge >= 0.3 is 11.7 Å². The second-order valence-electron chi connectivity index (χ2n) is 10.7. The number of carbonyl (C=O) groups excluding carboxylic acids is 2. The Morgan fingerprint density at radius 2 is 1.67 bits per heavy atom. The molecule has 2 aliphatic heterocycles. The summed E-state index contributed by atoms with van der Waals surface area (Å²) in [4.78, 5) is 58.9. The number of nitrogens with one attached hydrogen (secondary N) is 1. The first-order valence-electron chi connectivity index (χ1n) is 13.8. The highest BCUT2D eigenvalue weighted by molar-refractivity contribution is 7.99. The molecule has 1 aliphatic carbocycles. The highest BCUT2D eigenvalue weighted by Crippen LogP contribution is 2.30. The summed E-state index contributed by atoms with van der Waals surface area (Å²) in [6, 6.07) is 0.379. The Morgan fingerprint density at radius 1 is 1.00 bits per heavy atom. The van der Waals surface area contributed by atoms with Crippen molar-refractivity contribution in [3.05, 3.63) is 38.9 Å². The average molecular weight is 562 g/mol. The molecule has 0 bridgehead atoms. The molecule has 3 fully saturated rings. The van der Waals surface area contributed by atoms with E-state index in [-0.39, 0.29) is 40.8 Å². The molecular weight excluding hydrogens is 525 g/mol. The number of primary amides is 1. The fraction of sp³-hybridized carbons (Fsp3) is 0.654. The molecule has 212 valence electrons. The molecule has 11 nitrogen and oxygen atoms in total. The smallest absolute Gasteiger partial charge is 0.333 e. The molecule has 1 saturated carbocycles. The van der Waals surface area contributed by atoms with E-state index in [1.165, 1.54) is 10.6 Å². The van der Waals surface area contributed by atoms with Gasteiger partial charge in [-0.25, -0.2) is 19.0 Å². The lowest BCUT2D eigenvalue weighted by Gasteiger charge is -2.34. The number of thioether (sulfide) groups is 1. The van der Waals surface area contributed by atoms with Gasteiger partial charge < -0.3 is 16.0 Å². The number of pyridine rings is 1. The van der Waals surface area contributed by atoms with Gasteiger partial charge in [0.05, 0.1) is 11.6 Å². The monoisotopic (exact) mass is 561 g/mol. The molecule has 0 atom stereocenters. The third kappa shape index (κ3) is 6.13. The van der Waals surface area contributed by atoms with E-state index >= 15 is 0 Å². The molecule has 3 amide bonds. The standard InChI is InChI=1S/C26H36FN7O4S/c27-17-15-21-23(29-16-17)33(20-6-13-39-14-7-20)26(38)34(24(21)36)19-3-1-18(2-4-19)30-22(35)5-8-31-9-11-32(12-10-31)25(28)37/h15-16,18-20H,1-14H2,(H2,28,37)(H,30,35)/t18-,19+. The summed E-state index contributed by atoms with van der Waals surface area (Å²) in [7, 11) is 0. The largest absolute Gasteiger partial charge is 0.353 e. The van der Waals surface area contributed by atoms with Gasteiger partial charge in [-0.15, -0.1) is 0 Å². The Hall–Kier alpha value is -2.93. The van der Waals surface area contributed by atoms with E-state index in [9.17, 15) is 23.6 Å². The van der Waals surface area contributed by atoms with Gasteiger partial charge in [-0.1, -0.05) is 0 Å². The van der Waals surface area contributed by atoms with Crippen LogP contribution < -0.4 is 22.3 Å². The Labute approximate surface area is 229 Å². The zero-order chi connectivity index (χ0) is 27.5. The topological polar surface area (TPSA) is 136 Å². The van der Waals surface area contributed by atoms with Crippen molar-refractivity contribution in [2.45, 2.75) is 63.1 Å². The van der Waals surface area contributed by atoms with Crippen molar-refractivity contribution in [1.82, 2.24) is 29.2 Å². The van der Waals surface area contributed by atoms with Crippen LogP contribution >= 0.6 is 11.8 Å². The zero-order valence-corrected chi connectivity index (χ0v) is 22.8. The number of hydrogen-bond donors (Lipinski definition) is 2. The highest BCUT2D eigenvalue weighted by Gasteiger charge is 2.30. The molecule has 0 spiro atoms. The second-order valence-corrected chi connectivity index (χ2v) is 11.9. The van der Waals surface area contributed by atoms with Crippen molar-refractivity contribution in [2.75, 3.05) is 44.2 Å². The fourth-order valence-electron chi connectivity index (χ4n) is 6.03. The Balaban J connectivity index is 1.23. The predicted octanol–water partition coefficient (Wildman–Crippen LogP) is 1.45. The number of aromatic nitrogens is 3. The van der Waals surface area contributed by atoms with Crippen LogP contribution in [0.5, 0.6) is 0 Å². The van der Waals surface area contributed by atoms with Crippen molar-refractivity contribution in [3.63, 3.8) is 0 Å². The van der Waals surface area contributed by atoms with Crippen LogP contribution in [0.4, 0.5) is 9.18 Å². The quantitative estimate of drug-likeness (QED) is 0.545. The van der Waals surface area contributed by atoms with E-state index in [4.69, 9.17) is 5.73 Å². The fourth-order valence-corrected chi connectivity index (χ4v) is 7.11. The number of nitrogens with zero attached hydrogens (tertiary/aromatic N) is 5. The summed E-state index contributed by atoms with van der Waals surface area (Å²) < 4.78 is 17.0. The first kappa shape index (κ1) is 27.6. The first-order chi connectivity index (χ1) is 18.8. The Morgan fingerprint density at radius 3 is 2.33 bits per heavy atom. The van der Waals surface area contributed by atoms with Gasteiger partial charge in [0.2, 0.25) is 5.91 Å². The SMILES string of the molecule is NC(=O)N1CCN(CCC(=O)N[C@H]2CC[C@@H](n3c(=O)c4cc(F)cnc4n(C4CCSCC4)c3=O)CC2)CC1. The van der Waals surface area contributed by atoms with Gasteiger partial charge in [-0.3, -0.25) is 23.6 Å². The molecule has 2 aromatic rings. The maximum absolute atomic E-state index is 14.1. The van der Waals surface area contributed by atoms with Crippen LogP contribution in [-0.4, -0.2) is 86.1 Å². The number of piperazine rings is 1. The number of fused-ring (bicyclic) bond motifs is 1. The lowest BCUT2D eigenvalue weighted by Crippen LogP contribution is -2.51. The van der Waals surface area contributed by atoms with Crippen molar-refractivity contribution in [1.29, 1.82) is 0 Å². The maximum Gasteiger partial charge on any atom is 0.333 e. The highest BCUT2D eigenvalue weighted by atomic mass is 32.2. The van der Waals surface area contributed by atoms with E-state index in [1.807, 2.05) is 11.8 Å². The Kier molecular flexibility index (Phi) is 8.55. The number of hydrogen-bond acceptors (Lipinski definition) is 7. The van der Waals surface area contributed by atoms with Crippen LogP contribution in [0.15, 0.2) is 21.9 Å². The number of urea groups is 1. The van der Waals surface area contributed by atoms with Crippen molar-refractivity contribution < 1.29 is 14.0 Å². The van der Waals surface area contributed by atoms with E-state index in [2.05, 4.69) is 15.2 Å². The van der Waals surface area contributed by atoms with Crippen LogP contribution in [0.1, 0.15) is 57.0 Å². The summed E-state index contributed by atoms with van der Waals surface area (Å²) >= 11 is 1.84. The summed E-state index contributed by atoms with van der Waals surface area (Å²) in [6.45, 7) is 3.14. The summed E-state index contributed by atoms with van der Waals surface area (Å²) in [5, 5.41) is 3.24. The third-order valence-electron chi connectivity index (χ3n) is 8.24. The minimum Gasteiger partial charge on any atom is -0.353 e. The minimum atomic E-state index is -0.600. The lowest BCUT2D eigenvalue weighted by atomic mass is 9.90. The molecule has 0 radical (unpaired) electrons. The summed E-state index contributed by atoms with van der Waals surface area (Å²) in [6.07, 6.45) is 5.48. The van der Waals surface area contributed by atoms with Crippen LogP contribution in [0, 0.1) is 5.82 Å². The van der Waals surface area contributed by atoms with Gasteiger partial charge in [0, 0.05) is 57.3 Å². The van der Waals surface area contributed by atoms with Crippen LogP contribution in [0.3, 0.4) is 0 Å². The van der Waals surface area contributed by atoms with Gasteiger partial charge in [-0.05, 0) is 56.1 Å². The molecule has 5 rings (SSSR count). The first-order valence-corrected chi connectivity index (χ1v) is 14.9. The third-order valence-corrected chi connectivity index (χ3v) is 9.29. The molecule has 13 heteroatoms. The van der Waals surface area contributed by atoms with Crippen LogP contribution in [0.2, 0.25) is 0 Å². The van der Waals surface area contributed by atoms with Crippen molar-refractivity contribution in [2.24, 2.45) is 5.73 Å². The maximum atomic E-state index is 14.1. The van der Waals surface area contributed by atoms with E-state index in [0.29, 0.717) is 64.8 Å². The lowest BCUT2D eigenvalue weighted by molar-refractivity contribution is -0.122. The summed E-state index contributed by atoms with van der Waals surface area (Å²) in [5.41, 5.74) is 4.72. The summed E-state index contributed by atoms with van der Waals surface area (Å²) in [5.74, 6) is 1.22. The normalized spacial score (nSPS) is 23.2. The molecular formula is C26H36FN7O4S. The predicted molar refractivity (Wildman–Crippen MR) is 147 cm³/mol.